The van der Waals surface area contributed by atoms with E-state index in [0.717, 1.165) is 5.69 Å². The molecule has 2 heterocycles. The Morgan fingerprint density at radius 3 is 2.42 bits per heavy atom. The summed E-state index contributed by atoms with van der Waals surface area (Å²) in [7, 11) is 0. The summed E-state index contributed by atoms with van der Waals surface area (Å²) in [4.78, 5) is 21.2. The van der Waals surface area contributed by atoms with Crippen molar-refractivity contribution < 1.29 is 14.4 Å². The molecular weight excluding hydrogens is 341 g/mol. The van der Waals surface area contributed by atoms with Crippen LogP contribution in [-0.4, -0.2) is 71.2 Å². The molecule has 0 amide bonds. The largest absolute Gasteiger partial charge is 0.395 e. The lowest BCUT2D eigenvalue weighted by Gasteiger charge is -2.38. The lowest BCUT2D eigenvalue weighted by Crippen LogP contribution is -2.51. The van der Waals surface area contributed by atoms with E-state index in [-0.39, 0.29) is 24.3 Å². The topological polar surface area (TPSA) is 85.5 Å². The van der Waals surface area contributed by atoms with Gasteiger partial charge in [0.1, 0.15) is 12.0 Å². The fourth-order valence-corrected chi connectivity index (χ4v) is 3.21. The lowest BCUT2D eigenvalue weighted by molar-refractivity contribution is -0.417. The molecule has 3 rings (SSSR count). The van der Waals surface area contributed by atoms with Crippen molar-refractivity contribution in [3.63, 3.8) is 0 Å². The van der Waals surface area contributed by atoms with Crippen LogP contribution in [0.15, 0.2) is 41.2 Å². The Morgan fingerprint density at radius 2 is 1.85 bits per heavy atom. The Morgan fingerprint density at radius 1 is 1.23 bits per heavy atom. The molecule has 2 aliphatic heterocycles. The van der Waals surface area contributed by atoms with Crippen LogP contribution in [0.1, 0.15) is 6.92 Å². The van der Waals surface area contributed by atoms with Crippen LogP contribution in [-0.2, 0) is 0 Å². The zero-order chi connectivity index (χ0) is 18.7. The molecule has 1 unspecified atom stereocenters. The van der Waals surface area contributed by atoms with Gasteiger partial charge >= 0.3 is 5.70 Å². The number of halogens is 1. The summed E-state index contributed by atoms with van der Waals surface area (Å²) in [5, 5.41) is 20.6. The Labute approximate surface area is 151 Å². The van der Waals surface area contributed by atoms with E-state index in [1.165, 1.54) is 18.3 Å². The first-order chi connectivity index (χ1) is 12.5. The Balaban J connectivity index is 1.71. The quantitative estimate of drug-likeness (QED) is 0.637. The zero-order valence-corrected chi connectivity index (χ0v) is 14.6. The molecule has 0 aromatic heterocycles. The SMILES string of the molecule is CC1N=C(N2CCN(c3ccc(F)cc3)CC2)C([N+](=O)[O-])=CN1CCO. The number of rotatable bonds is 4. The number of aliphatic hydroxyl groups is 1. The lowest BCUT2D eigenvalue weighted by atomic mass is 10.2. The van der Waals surface area contributed by atoms with Gasteiger partial charge in [0.25, 0.3) is 0 Å². The van der Waals surface area contributed by atoms with Gasteiger partial charge < -0.3 is 19.8 Å². The summed E-state index contributed by atoms with van der Waals surface area (Å²) in [5.41, 5.74) is 0.885. The van der Waals surface area contributed by atoms with E-state index < -0.39 is 4.92 Å². The first kappa shape index (κ1) is 18.1. The van der Waals surface area contributed by atoms with E-state index in [2.05, 4.69) is 9.89 Å². The van der Waals surface area contributed by atoms with Crippen molar-refractivity contribution >= 4 is 11.5 Å². The van der Waals surface area contributed by atoms with Gasteiger partial charge in [-0.15, -0.1) is 0 Å². The predicted molar refractivity (Wildman–Crippen MR) is 96.0 cm³/mol. The smallest absolute Gasteiger partial charge is 0.326 e. The van der Waals surface area contributed by atoms with E-state index in [1.54, 1.807) is 17.0 Å². The first-order valence-electron chi connectivity index (χ1n) is 8.56. The van der Waals surface area contributed by atoms with Gasteiger partial charge in [-0.25, -0.2) is 9.38 Å². The second-order valence-corrected chi connectivity index (χ2v) is 6.27. The third-order valence-corrected chi connectivity index (χ3v) is 4.63. The molecule has 0 bridgehead atoms. The maximum atomic E-state index is 13.1. The summed E-state index contributed by atoms with van der Waals surface area (Å²) in [5.74, 6) is 0.113. The first-order valence-corrected chi connectivity index (χ1v) is 8.56. The number of nitrogens with zero attached hydrogens (tertiary/aromatic N) is 5. The van der Waals surface area contributed by atoms with Crippen LogP contribution in [0.3, 0.4) is 0 Å². The highest BCUT2D eigenvalue weighted by Crippen LogP contribution is 2.21. The van der Waals surface area contributed by atoms with Gasteiger partial charge in [0, 0.05) is 38.4 Å². The van der Waals surface area contributed by atoms with Crippen molar-refractivity contribution in [2.45, 2.75) is 13.1 Å². The Kier molecular flexibility index (Phi) is 5.36. The van der Waals surface area contributed by atoms with Crippen molar-refractivity contribution in [2.24, 2.45) is 4.99 Å². The molecule has 1 aromatic rings. The van der Waals surface area contributed by atoms with Crippen LogP contribution in [0, 0.1) is 15.9 Å². The molecule has 2 aliphatic rings. The molecule has 140 valence electrons. The molecule has 1 atom stereocenters. The Bertz CT molecular complexity index is 714. The number of piperazine rings is 1. The average molecular weight is 363 g/mol. The molecule has 0 saturated carbocycles. The summed E-state index contributed by atoms with van der Waals surface area (Å²) in [6.45, 7) is 4.58. The van der Waals surface area contributed by atoms with E-state index in [1.807, 2.05) is 11.8 Å². The molecule has 26 heavy (non-hydrogen) atoms. The van der Waals surface area contributed by atoms with Crippen LogP contribution in [0.25, 0.3) is 0 Å². The van der Waals surface area contributed by atoms with E-state index >= 15 is 0 Å². The van der Waals surface area contributed by atoms with Gasteiger partial charge in [-0.1, -0.05) is 0 Å². The summed E-state index contributed by atoms with van der Waals surface area (Å²) >= 11 is 0. The van der Waals surface area contributed by atoms with Crippen LogP contribution < -0.4 is 4.90 Å². The second kappa shape index (κ2) is 7.69. The molecule has 1 saturated heterocycles. The molecular formula is C17H22FN5O3. The minimum absolute atomic E-state index is 0.0493. The fraction of sp³-hybridized carbons (Fsp3) is 0.471. The molecule has 1 fully saturated rings. The number of hydrogen-bond acceptors (Lipinski definition) is 7. The number of β-amino-alcohol motifs (C(OH)–C–C–N with tert-alkyl or cyclic N) is 1. The maximum absolute atomic E-state index is 13.1. The molecule has 1 N–H and O–H groups in total. The van der Waals surface area contributed by atoms with Gasteiger partial charge in [-0.05, 0) is 31.2 Å². The van der Waals surface area contributed by atoms with Gasteiger partial charge in [0.05, 0.1) is 17.7 Å². The number of aliphatic hydroxyl groups excluding tert-OH is 1. The molecule has 0 spiro atoms. The van der Waals surface area contributed by atoms with Crippen molar-refractivity contribution in [2.75, 3.05) is 44.2 Å². The van der Waals surface area contributed by atoms with Crippen molar-refractivity contribution in [3.8, 4) is 0 Å². The van der Waals surface area contributed by atoms with Crippen LogP contribution in [0.5, 0.6) is 0 Å². The van der Waals surface area contributed by atoms with Crippen molar-refractivity contribution in [1.29, 1.82) is 0 Å². The van der Waals surface area contributed by atoms with Gasteiger partial charge in [-0.2, -0.15) is 0 Å². The minimum atomic E-state index is -0.429. The number of hydrogen-bond donors (Lipinski definition) is 1. The fourth-order valence-electron chi connectivity index (χ4n) is 3.21. The van der Waals surface area contributed by atoms with Crippen LogP contribution in [0.2, 0.25) is 0 Å². The number of aliphatic imine (C=N–C) groups is 1. The second-order valence-electron chi connectivity index (χ2n) is 6.27. The van der Waals surface area contributed by atoms with Gasteiger partial charge in [-0.3, -0.25) is 10.1 Å². The maximum Gasteiger partial charge on any atom is 0.326 e. The highest BCUT2D eigenvalue weighted by atomic mass is 19.1. The normalized spacial score (nSPS) is 20.7. The highest BCUT2D eigenvalue weighted by molar-refractivity contribution is 5.96. The number of anilines is 1. The van der Waals surface area contributed by atoms with E-state index in [0.29, 0.717) is 38.6 Å². The molecule has 1 aromatic carbocycles. The summed E-state index contributed by atoms with van der Waals surface area (Å²) in [6, 6.07) is 6.33. The number of nitro groups is 1. The van der Waals surface area contributed by atoms with E-state index in [4.69, 9.17) is 5.11 Å². The van der Waals surface area contributed by atoms with Gasteiger partial charge in [0.15, 0.2) is 0 Å². The van der Waals surface area contributed by atoms with Crippen molar-refractivity contribution in [1.82, 2.24) is 9.80 Å². The predicted octanol–water partition coefficient (Wildman–Crippen LogP) is 1.12. The number of benzene rings is 1. The Hall–Kier alpha value is -2.68. The van der Waals surface area contributed by atoms with E-state index in [9.17, 15) is 14.5 Å². The third-order valence-electron chi connectivity index (χ3n) is 4.63. The summed E-state index contributed by atoms with van der Waals surface area (Å²) < 4.78 is 13.1. The molecule has 8 nitrogen and oxygen atoms in total. The van der Waals surface area contributed by atoms with Gasteiger partial charge in [0.2, 0.25) is 5.84 Å². The molecule has 0 radical (unpaired) electrons. The summed E-state index contributed by atoms with van der Waals surface area (Å²) in [6.07, 6.45) is 1.20. The molecule has 9 heteroatoms. The van der Waals surface area contributed by atoms with Crippen LogP contribution >= 0.6 is 0 Å². The third kappa shape index (κ3) is 3.77. The zero-order valence-electron chi connectivity index (χ0n) is 14.6. The standard InChI is InChI=1S/C17H22FN5O3/c1-13-19-17(16(23(25)26)12-22(13)10-11-24)21-8-6-20(7-9-21)15-4-2-14(18)3-5-15/h2-5,12-13,24H,6-11H2,1H3. The number of amidine groups is 1. The van der Waals surface area contributed by atoms with Crippen molar-refractivity contribution in [3.05, 3.63) is 52.1 Å². The molecule has 0 aliphatic carbocycles. The monoisotopic (exact) mass is 363 g/mol. The van der Waals surface area contributed by atoms with Crippen LogP contribution in [0.4, 0.5) is 10.1 Å². The minimum Gasteiger partial charge on any atom is -0.395 e. The average Bonchev–Trinajstić information content (AvgIpc) is 2.64. The highest BCUT2D eigenvalue weighted by Gasteiger charge is 2.33.